The second-order valence-electron chi connectivity index (χ2n) is 5.24. The molecule has 1 N–H and O–H groups in total. The second-order valence-corrected chi connectivity index (χ2v) is 6.70. The third kappa shape index (κ3) is 2.90. The van der Waals surface area contributed by atoms with Gasteiger partial charge in [0.25, 0.3) is 0 Å². The van der Waals surface area contributed by atoms with Crippen LogP contribution in [0.2, 0.25) is 5.02 Å². The fourth-order valence-corrected chi connectivity index (χ4v) is 4.00. The molecule has 1 unspecified atom stereocenters. The van der Waals surface area contributed by atoms with Gasteiger partial charge < -0.3 is 5.32 Å². The van der Waals surface area contributed by atoms with E-state index in [1.807, 2.05) is 23.5 Å². The molecule has 1 atom stereocenters. The first kappa shape index (κ1) is 14.1. The number of thiazole rings is 1. The average molecular weight is 307 g/mol. The fraction of sp³-hybridized carbons (Fsp3) is 0.438. The Morgan fingerprint density at radius 3 is 2.90 bits per heavy atom. The molecule has 1 aliphatic rings. The van der Waals surface area contributed by atoms with Crippen LogP contribution in [0.5, 0.6) is 0 Å². The van der Waals surface area contributed by atoms with Crippen LogP contribution in [-0.2, 0) is 6.42 Å². The average Bonchev–Trinajstić information content (AvgIpc) is 2.90. The zero-order chi connectivity index (χ0) is 13.9. The molecule has 0 radical (unpaired) electrons. The van der Waals surface area contributed by atoms with E-state index >= 15 is 0 Å². The molecule has 4 heteroatoms. The van der Waals surface area contributed by atoms with Gasteiger partial charge in [-0.05, 0) is 44.4 Å². The normalized spacial score (nSPS) is 18.0. The number of halogens is 1. The maximum atomic E-state index is 5.95. The van der Waals surface area contributed by atoms with Crippen molar-refractivity contribution in [3.63, 3.8) is 0 Å². The second kappa shape index (κ2) is 6.25. The minimum absolute atomic E-state index is 0.497. The number of aryl methyl sites for hydroxylation is 1. The molecule has 1 aromatic carbocycles. The number of fused-ring (bicyclic) bond motifs is 1. The van der Waals surface area contributed by atoms with E-state index in [0.717, 1.165) is 23.0 Å². The van der Waals surface area contributed by atoms with Crippen molar-refractivity contribution in [2.24, 2.45) is 0 Å². The molecule has 0 fully saturated rings. The van der Waals surface area contributed by atoms with E-state index in [1.165, 1.54) is 35.4 Å². The number of hydrogen-bond donors (Lipinski definition) is 1. The number of benzene rings is 1. The van der Waals surface area contributed by atoms with Gasteiger partial charge in [0.1, 0.15) is 5.01 Å². The first-order valence-electron chi connectivity index (χ1n) is 7.27. The Hall–Kier alpha value is -0.900. The van der Waals surface area contributed by atoms with Crippen molar-refractivity contribution in [1.82, 2.24) is 10.3 Å². The fourth-order valence-electron chi connectivity index (χ4n) is 2.65. The Morgan fingerprint density at radius 1 is 1.35 bits per heavy atom. The van der Waals surface area contributed by atoms with E-state index in [9.17, 15) is 0 Å². The van der Waals surface area contributed by atoms with Crippen LogP contribution in [0.4, 0.5) is 0 Å². The highest BCUT2D eigenvalue weighted by Gasteiger charge is 2.24. The van der Waals surface area contributed by atoms with Crippen LogP contribution in [0.1, 0.15) is 42.8 Å². The lowest BCUT2D eigenvalue weighted by atomic mass is 9.98. The number of nitrogens with one attached hydrogen (secondary N) is 1. The van der Waals surface area contributed by atoms with Crippen molar-refractivity contribution < 1.29 is 0 Å². The maximum Gasteiger partial charge on any atom is 0.123 e. The highest BCUT2D eigenvalue weighted by molar-refractivity contribution is 7.15. The summed E-state index contributed by atoms with van der Waals surface area (Å²) in [7, 11) is 0. The lowest BCUT2D eigenvalue weighted by molar-refractivity contribution is 0.465. The summed E-state index contributed by atoms with van der Waals surface area (Å²) in [5, 5.41) is 5.55. The summed E-state index contributed by atoms with van der Waals surface area (Å²) < 4.78 is 0. The van der Waals surface area contributed by atoms with Gasteiger partial charge in [-0.3, -0.25) is 0 Å². The first-order chi connectivity index (χ1) is 9.78. The highest BCUT2D eigenvalue weighted by Crippen LogP contribution is 2.38. The standard InChI is InChI=1S/C16H19ClN2S/c1-2-10-18-13-4-3-5-14-15(13)20-16(19-14)11-6-8-12(17)9-7-11/h6-9,13,18H,2-5,10H2,1H3. The van der Waals surface area contributed by atoms with Crippen LogP contribution in [0.3, 0.4) is 0 Å². The lowest BCUT2D eigenvalue weighted by Gasteiger charge is -2.22. The van der Waals surface area contributed by atoms with Crippen molar-refractivity contribution in [1.29, 1.82) is 0 Å². The largest absolute Gasteiger partial charge is 0.309 e. The first-order valence-corrected chi connectivity index (χ1v) is 8.46. The molecule has 1 aliphatic carbocycles. The smallest absolute Gasteiger partial charge is 0.123 e. The summed E-state index contributed by atoms with van der Waals surface area (Å²) in [6.07, 6.45) is 4.76. The Labute approximate surface area is 129 Å². The lowest BCUT2D eigenvalue weighted by Crippen LogP contribution is -2.24. The van der Waals surface area contributed by atoms with Crippen LogP contribution >= 0.6 is 22.9 Å². The number of aromatic nitrogens is 1. The topological polar surface area (TPSA) is 24.9 Å². The van der Waals surface area contributed by atoms with Gasteiger partial charge in [0.15, 0.2) is 0 Å². The van der Waals surface area contributed by atoms with E-state index in [-0.39, 0.29) is 0 Å². The predicted molar refractivity (Wildman–Crippen MR) is 86.5 cm³/mol. The molecule has 2 nitrogen and oxygen atoms in total. The van der Waals surface area contributed by atoms with Crippen LogP contribution < -0.4 is 5.32 Å². The number of rotatable bonds is 4. The number of hydrogen-bond acceptors (Lipinski definition) is 3. The summed E-state index contributed by atoms with van der Waals surface area (Å²) in [5.74, 6) is 0. The van der Waals surface area contributed by atoms with Gasteiger partial charge in [0.05, 0.1) is 5.69 Å². The van der Waals surface area contributed by atoms with Gasteiger partial charge in [-0.1, -0.05) is 30.7 Å². The van der Waals surface area contributed by atoms with E-state index in [1.54, 1.807) is 0 Å². The van der Waals surface area contributed by atoms with E-state index in [4.69, 9.17) is 16.6 Å². The SMILES string of the molecule is CCCNC1CCCc2nc(-c3ccc(Cl)cc3)sc21. The molecule has 106 valence electrons. The van der Waals surface area contributed by atoms with Gasteiger partial charge in [-0.2, -0.15) is 0 Å². The van der Waals surface area contributed by atoms with Crippen LogP contribution in [0.15, 0.2) is 24.3 Å². The van der Waals surface area contributed by atoms with Crippen LogP contribution in [0.25, 0.3) is 10.6 Å². The van der Waals surface area contributed by atoms with E-state index < -0.39 is 0 Å². The zero-order valence-electron chi connectivity index (χ0n) is 11.7. The van der Waals surface area contributed by atoms with Crippen molar-refractivity contribution in [3.8, 4) is 10.6 Å². The van der Waals surface area contributed by atoms with Crippen molar-refractivity contribution in [2.45, 2.75) is 38.6 Å². The molecule has 0 spiro atoms. The van der Waals surface area contributed by atoms with Crippen molar-refractivity contribution in [3.05, 3.63) is 39.9 Å². The Bertz CT molecular complexity index is 577. The molecule has 20 heavy (non-hydrogen) atoms. The van der Waals surface area contributed by atoms with Crippen LogP contribution in [0, 0.1) is 0 Å². The van der Waals surface area contributed by atoms with Crippen molar-refractivity contribution >= 4 is 22.9 Å². The van der Waals surface area contributed by atoms with Gasteiger partial charge in [0, 0.05) is 21.5 Å². The van der Waals surface area contributed by atoms with Gasteiger partial charge >= 0.3 is 0 Å². The molecule has 1 aromatic heterocycles. The Morgan fingerprint density at radius 2 is 2.15 bits per heavy atom. The molecule has 0 saturated heterocycles. The molecular weight excluding hydrogens is 288 g/mol. The molecule has 0 bridgehead atoms. The molecule has 2 aromatic rings. The Kier molecular flexibility index (Phi) is 4.39. The minimum Gasteiger partial charge on any atom is -0.309 e. The summed E-state index contributed by atoms with van der Waals surface area (Å²) in [6.45, 7) is 3.29. The number of nitrogens with zero attached hydrogens (tertiary/aromatic N) is 1. The quantitative estimate of drug-likeness (QED) is 0.874. The van der Waals surface area contributed by atoms with Crippen LogP contribution in [-0.4, -0.2) is 11.5 Å². The summed E-state index contributed by atoms with van der Waals surface area (Å²) in [6, 6.07) is 8.48. The molecule has 1 heterocycles. The third-order valence-corrected chi connectivity index (χ3v) is 5.19. The predicted octanol–water partition coefficient (Wildman–Crippen LogP) is 4.84. The maximum absolute atomic E-state index is 5.95. The zero-order valence-corrected chi connectivity index (χ0v) is 13.2. The third-order valence-electron chi connectivity index (χ3n) is 3.68. The highest BCUT2D eigenvalue weighted by atomic mass is 35.5. The molecular formula is C16H19ClN2S. The Balaban J connectivity index is 1.88. The van der Waals surface area contributed by atoms with Gasteiger partial charge in [-0.25, -0.2) is 4.98 Å². The summed E-state index contributed by atoms with van der Waals surface area (Å²) in [4.78, 5) is 6.28. The molecule has 0 aliphatic heterocycles. The summed E-state index contributed by atoms with van der Waals surface area (Å²) in [5.41, 5.74) is 2.46. The molecule has 0 amide bonds. The summed E-state index contributed by atoms with van der Waals surface area (Å²) >= 11 is 7.79. The monoisotopic (exact) mass is 306 g/mol. The molecule has 0 saturated carbocycles. The van der Waals surface area contributed by atoms with Gasteiger partial charge in [0.2, 0.25) is 0 Å². The van der Waals surface area contributed by atoms with E-state index in [2.05, 4.69) is 24.4 Å². The minimum atomic E-state index is 0.497. The van der Waals surface area contributed by atoms with E-state index in [0.29, 0.717) is 6.04 Å². The van der Waals surface area contributed by atoms with Crippen molar-refractivity contribution in [2.75, 3.05) is 6.54 Å². The molecule has 3 rings (SSSR count). The van der Waals surface area contributed by atoms with Gasteiger partial charge in [-0.15, -0.1) is 11.3 Å².